The van der Waals surface area contributed by atoms with E-state index in [2.05, 4.69) is 26.2 Å². The van der Waals surface area contributed by atoms with Crippen LogP contribution in [-0.2, 0) is 19.1 Å². The third kappa shape index (κ3) is 7.79. The Balaban J connectivity index is 0.844. The monoisotopic (exact) mass is 576 g/mol. The van der Waals surface area contributed by atoms with Crippen LogP contribution in [0.25, 0.3) is 0 Å². The van der Waals surface area contributed by atoms with Gasteiger partial charge in [0.2, 0.25) is 11.8 Å². The molecule has 11 nitrogen and oxygen atoms in total. The van der Waals surface area contributed by atoms with E-state index in [1.165, 1.54) is 12.8 Å². The summed E-state index contributed by atoms with van der Waals surface area (Å²) < 4.78 is 11.8. The molecule has 2 amide bonds. The maximum absolute atomic E-state index is 13.0. The lowest BCUT2D eigenvalue weighted by molar-refractivity contribution is -0.143. The van der Waals surface area contributed by atoms with E-state index in [4.69, 9.17) is 9.47 Å². The summed E-state index contributed by atoms with van der Waals surface area (Å²) in [6.45, 7) is 7.51. The number of fused-ring (bicyclic) bond motifs is 1. The van der Waals surface area contributed by atoms with Gasteiger partial charge in [-0.05, 0) is 76.3 Å². The van der Waals surface area contributed by atoms with Crippen molar-refractivity contribution in [1.82, 2.24) is 31.1 Å². The highest BCUT2D eigenvalue weighted by atomic mass is 16.5. The number of amides is 2. The molecule has 6 rings (SSSR count). The second-order valence-electron chi connectivity index (χ2n) is 13.6. The lowest BCUT2D eigenvalue weighted by Crippen LogP contribution is -2.65. The Kier molecular flexibility index (Phi) is 10.1. The number of aliphatic hydroxyl groups is 1. The van der Waals surface area contributed by atoms with Gasteiger partial charge in [0.15, 0.2) is 0 Å². The molecule has 0 bridgehead atoms. The number of hydrogen-bond acceptors (Lipinski definition) is 9. The minimum absolute atomic E-state index is 0.0450. The van der Waals surface area contributed by atoms with Gasteiger partial charge < -0.3 is 35.0 Å². The molecule has 6 fully saturated rings. The molecule has 0 aromatic heterocycles. The summed E-state index contributed by atoms with van der Waals surface area (Å²) in [6, 6.07) is 0.302. The van der Waals surface area contributed by atoms with E-state index >= 15 is 0 Å². The van der Waals surface area contributed by atoms with Crippen LogP contribution in [-0.4, -0.2) is 123 Å². The fourth-order valence-electron chi connectivity index (χ4n) is 7.74. The highest BCUT2D eigenvalue weighted by Gasteiger charge is 2.39. The Morgan fingerprint density at radius 1 is 1.02 bits per heavy atom. The first-order valence-corrected chi connectivity index (χ1v) is 16.4. The van der Waals surface area contributed by atoms with E-state index < -0.39 is 6.10 Å². The summed E-state index contributed by atoms with van der Waals surface area (Å²) in [5, 5.41) is 24.1. The highest BCUT2D eigenvalue weighted by molar-refractivity contribution is 5.80. The highest BCUT2D eigenvalue weighted by Crippen LogP contribution is 2.37. The Morgan fingerprint density at radius 3 is 2.68 bits per heavy atom. The number of β-amino-alcohol motifs (C(OH)–C–C–N with tert-alkyl or cyclic N) is 1. The zero-order valence-electron chi connectivity index (χ0n) is 24.6. The number of likely N-dealkylation sites (tertiary alicyclic amines) is 2. The zero-order chi connectivity index (χ0) is 28.2. The van der Waals surface area contributed by atoms with E-state index in [0.717, 1.165) is 84.2 Å². The van der Waals surface area contributed by atoms with Crippen molar-refractivity contribution in [1.29, 1.82) is 0 Å². The molecule has 7 atom stereocenters. The van der Waals surface area contributed by atoms with E-state index in [1.54, 1.807) is 0 Å². The second-order valence-corrected chi connectivity index (χ2v) is 13.6. The molecule has 232 valence electrons. The van der Waals surface area contributed by atoms with Gasteiger partial charge in [0.1, 0.15) is 0 Å². The molecule has 2 saturated carbocycles. The van der Waals surface area contributed by atoms with Crippen molar-refractivity contribution in [3.8, 4) is 0 Å². The molecule has 41 heavy (non-hydrogen) atoms. The van der Waals surface area contributed by atoms with Gasteiger partial charge in [0, 0.05) is 57.1 Å². The van der Waals surface area contributed by atoms with Crippen molar-refractivity contribution in [2.75, 3.05) is 65.7 Å². The average Bonchev–Trinajstić information content (AvgIpc) is 3.45. The van der Waals surface area contributed by atoms with Gasteiger partial charge in [-0.25, -0.2) is 0 Å². The van der Waals surface area contributed by atoms with Crippen LogP contribution in [0.1, 0.15) is 57.8 Å². The van der Waals surface area contributed by atoms with Crippen LogP contribution in [0, 0.1) is 23.7 Å². The van der Waals surface area contributed by atoms with Crippen molar-refractivity contribution >= 4 is 11.8 Å². The maximum atomic E-state index is 13.0. The van der Waals surface area contributed by atoms with Crippen molar-refractivity contribution < 1.29 is 24.2 Å². The molecular formula is C30H52N6O5. The molecule has 0 radical (unpaired) electrons. The molecule has 4 heterocycles. The number of nitrogens with zero attached hydrogens (tertiary/aromatic N) is 2. The molecule has 5 N–H and O–H groups in total. The van der Waals surface area contributed by atoms with Gasteiger partial charge in [-0.2, -0.15) is 0 Å². The summed E-state index contributed by atoms with van der Waals surface area (Å²) in [7, 11) is 0. The standard InChI is InChI=1S/C30H52N6O5/c37-25(17-35-9-7-21-10-26(5-4-23(21)14-35)40-18-27-13-31-19-41-27)12-33-29(38)22-6-8-32-28(11-22)34-24-15-36(16-24)30(39)20-2-1-3-20/h20-28,31-32,34,37H,1-19H2,(H,33,38)/t21?,22?,23?,25-,26?,27?,28?/m0/s1. The number of nitrogens with one attached hydrogen (secondary N) is 4. The first kappa shape index (κ1) is 29.7. The van der Waals surface area contributed by atoms with E-state index in [-0.39, 0.29) is 30.0 Å². The second kappa shape index (κ2) is 14.0. The van der Waals surface area contributed by atoms with Crippen LogP contribution < -0.4 is 21.3 Å². The summed E-state index contributed by atoms with van der Waals surface area (Å²) in [5.74, 6) is 1.96. The molecule has 4 saturated heterocycles. The van der Waals surface area contributed by atoms with Gasteiger partial charge in [-0.3, -0.25) is 20.2 Å². The molecule has 0 aromatic rings. The minimum Gasteiger partial charge on any atom is -0.390 e. The van der Waals surface area contributed by atoms with Crippen molar-refractivity contribution in [2.24, 2.45) is 23.7 Å². The Bertz CT molecular complexity index is 879. The number of piperidine rings is 2. The summed E-state index contributed by atoms with van der Waals surface area (Å²) in [4.78, 5) is 29.7. The zero-order valence-corrected chi connectivity index (χ0v) is 24.6. The number of aliphatic hydroxyl groups excluding tert-OH is 1. The van der Waals surface area contributed by atoms with Gasteiger partial charge in [0.25, 0.3) is 0 Å². The van der Waals surface area contributed by atoms with Gasteiger partial charge >= 0.3 is 0 Å². The number of rotatable bonds is 11. The van der Waals surface area contributed by atoms with E-state index in [9.17, 15) is 14.7 Å². The van der Waals surface area contributed by atoms with Crippen molar-refractivity contribution in [3.63, 3.8) is 0 Å². The fourth-order valence-corrected chi connectivity index (χ4v) is 7.74. The van der Waals surface area contributed by atoms with Gasteiger partial charge in [0.05, 0.1) is 37.8 Å². The molecule has 0 spiro atoms. The minimum atomic E-state index is -0.556. The lowest BCUT2D eigenvalue weighted by Gasteiger charge is -2.45. The molecule has 0 aromatic carbocycles. The predicted octanol–water partition coefficient (Wildman–Crippen LogP) is -0.157. The first-order valence-electron chi connectivity index (χ1n) is 16.4. The van der Waals surface area contributed by atoms with Crippen molar-refractivity contribution in [3.05, 3.63) is 0 Å². The smallest absolute Gasteiger partial charge is 0.225 e. The van der Waals surface area contributed by atoms with Crippen LogP contribution in [0.5, 0.6) is 0 Å². The van der Waals surface area contributed by atoms with Crippen LogP contribution in [0.2, 0.25) is 0 Å². The molecule has 6 aliphatic rings. The number of ether oxygens (including phenoxy) is 2. The Morgan fingerprint density at radius 2 is 1.90 bits per heavy atom. The number of hydrogen-bond donors (Lipinski definition) is 5. The quantitative estimate of drug-likeness (QED) is 0.228. The molecule has 6 unspecified atom stereocenters. The fraction of sp³-hybridized carbons (Fsp3) is 0.933. The SMILES string of the molecule is O=C(NC[C@H](O)CN1CCC2CC(OCC3CNCO3)CCC2C1)C1CCNC(NC2CN(C(=O)C3CCC3)C2)C1. The van der Waals surface area contributed by atoms with Crippen LogP contribution in [0.15, 0.2) is 0 Å². The molecular weight excluding hydrogens is 524 g/mol. The molecule has 11 heteroatoms. The third-order valence-electron chi connectivity index (χ3n) is 10.6. The largest absolute Gasteiger partial charge is 0.390 e. The Labute approximate surface area is 244 Å². The van der Waals surface area contributed by atoms with Crippen molar-refractivity contribution in [2.45, 2.75) is 88.3 Å². The van der Waals surface area contributed by atoms with E-state index in [1.807, 2.05) is 4.90 Å². The number of carbonyl (C=O) groups excluding carboxylic acids is 2. The predicted molar refractivity (Wildman–Crippen MR) is 154 cm³/mol. The summed E-state index contributed by atoms with van der Waals surface area (Å²) in [5.41, 5.74) is 0. The average molecular weight is 577 g/mol. The molecule has 2 aliphatic carbocycles. The summed E-state index contributed by atoms with van der Waals surface area (Å²) >= 11 is 0. The van der Waals surface area contributed by atoms with Gasteiger partial charge in [-0.1, -0.05) is 6.42 Å². The van der Waals surface area contributed by atoms with E-state index in [0.29, 0.717) is 56.3 Å². The summed E-state index contributed by atoms with van der Waals surface area (Å²) in [6.07, 6.45) is 9.49. The Hall–Kier alpha value is -1.34. The molecule has 4 aliphatic heterocycles. The topological polar surface area (TPSA) is 127 Å². The maximum Gasteiger partial charge on any atom is 0.225 e. The van der Waals surface area contributed by atoms with Gasteiger partial charge in [-0.15, -0.1) is 0 Å². The first-order chi connectivity index (χ1) is 20.0. The normalized spacial score (nSPS) is 35.8. The van der Waals surface area contributed by atoms with Crippen LogP contribution in [0.3, 0.4) is 0 Å². The third-order valence-corrected chi connectivity index (χ3v) is 10.6. The van der Waals surface area contributed by atoms with Crippen LogP contribution in [0.4, 0.5) is 0 Å². The lowest BCUT2D eigenvalue weighted by atomic mass is 9.74. The van der Waals surface area contributed by atoms with Crippen LogP contribution >= 0.6 is 0 Å². The number of carbonyl (C=O) groups is 2.